The van der Waals surface area contributed by atoms with Crippen LogP contribution in [0.2, 0.25) is 0 Å². The Morgan fingerprint density at radius 2 is 1.67 bits per heavy atom. The van der Waals surface area contributed by atoms with Gasteiger partial charge in [-0.05, 0) is 12.6 Å². The molecule has 0 bridgehead atoms. The predicted molar refractivity (Wildman–Crippen MR) is 49.2 cm³/mol. The van der Waals surface area contributed by atoms with Crippen LogP contribution in [0.1, 0.15) is 11.6 Å². The Morgan fingerprint density at radius 1 is 1.13 bits per heavy atom. The molecule has 0 amide bonds. The van der Waals surface area contributed by atoms with Gasteiger partial charge < -0.3 is 5.32 Å². The van der Waals surface area contributed by atoms with Crippen LogP contribution in [0.25, 0.3) is 0 Å². The Labute approximate surface area is 85.1 Å². The van der Waals surface area contributed by atoms with Gasteiger partial charge in [-0.15, -0.1) is 0 Å². The average molecular weight is 221 g/mol. The molecule has 0 radical (unpaired) electrons. The first-order valence-corrected chi connectivity index (χ1v) is 4.38. The molecule has 0 saturated heterocycles. The van der Waals surface area contributed by atoms with E-state index in [1.54, 1.807) is 6.07 Å². The first kappa shape index (κ1) is 12.0. The summed E-state index contributed by atoms with van der Waals surface area (Å²) in [4.78, 5) is 0. The van der Waals surface area contributed by atoms with Gasteiger partial charge in [-0.2, -0.15) is 8.78 Å². The monoisotopic (exact) mass is 221 g/mol. The number of benzene rings is 1. The Hall–Kier alpha value is -1.10. The van der Waals surface area contributed by atoms with Gasteiger partial charge in [0.05, 0.1) is 0 Å². The van der Waals surface area contributed by atoms with Crippen LogP contribution < -0.4 is 5.32 Å². The molecule has 0 saturated carbocycles. The van der Waals surface area contributed by atoms with E-state index < -0.39 is 18.4 Å². The van der Waals surface area contributed by atoms with Gasteiger partial charge >= 0.3 is 12.3 Å². The zero-order chi connectivity index (χ0) is 11.5. The third kappa shape index (κ3) is 2.47. The lowest BCUT2D eigenvalue weighted by molar-refractivity contribution is -0.150. The molecule has 0 aliphatic heterocycles. The minimum absolute atomic E-state index is 0.144. The van der Waals surface area contributed by atoms with Crippen LogP contribution in [0.4, 0.5) is 17.6 Å². The Bertz CT molecular complexity index is 300. The predicted octanol–water partition coefficient (Wildman–Crippen LogP) is 2.85. The van der Waals surface area contributed by atoms with Crippen molar-refractivity contribution in [3.63, 3.8) is 0 Å². The molecule has 84 valence electrons. The van der Waals surface area contributed by atoms with E-state index >= 15 is 0 Å². The number of nitrogens with one attached hydrogen (secondary N) is 1. The van der Waals surface area contributed by atoms with Crippen LogP contribution >= 0.6 is 0 Å². The van der Waals surface area contributed by atoms with E-state index in [4.69, 9.17) is 0 Å². The summed E-state index contributed by atoms with van der Waals surface area (Å²) in [5, 5.41) is 2.21. The molecule has 0 heterocycles. The minimum Gasteiger partial charge on any atom is -0.308 e. The molecule has 0 fully saturated rings. The van der Waals surface area contributed by atoms with Gasteiger partial charge in [0.1, 0.15) is 6.04 Å². The van der Waals surface area contributed by atoms with Gasteiger partial charge in [0.15, 0.2) is 0 Å². The van der Waals surface area contributed by atoms with Crippen LogP contribution in [0.15, 0.2) is 30.3 Å². The molecule has 1 aromatic carbocycles. The van der Waals surface area contributed by atoms with Gasteiger partial charge in [-0.3, -0.25) is 0 Å². The second kappa shape index (κ2) is 4.61. The zero-order valence-electron chi connectivity index (χ0n) is 8.05. The van der Waals surface area contributed by atoms with Gasteiger partial charge in [0.25, 0.3) is 0 Å². The SMILES string of the molecule is CNC(c1ccccc1)C(F)(F)C(F)F. The van der Waals surface area contributed by atoms with Crippen molar-refractivity contribution < 1.29 is 17.6 Å². The highest BCUT2D eigenvalue weighted by Gasteiger charge is 2.48. The second-order valence-corrected chi connectivity index (χ2v) is 3.11. The molecular formula is C10H11F4N. The third-order valence-electron chi connectivity index (χ3n) is 2.10. The normalized spacial score (nSPS) is 14.3. The molecule has 1 nitrogen and oxygen atoms in total. The summed E-state index contributed by atoms with van der Waals surface area (Å²) in [5.74, 6) is -4.07. The molecule has 5 heteroatoms. The molecule has 1 atom stereocenters. The van der Waals surface area contributed by atoms with E-state index in [0.29, 0.717) is 0 Å². The highest BCUT2D eigenvalue weighted by atomic mass is 19.3. The quantitative estimate of drug-likeness (QED) is 0.771. The van der Waals surface area contributed by atoms with Crippen molar-refractivity contribution in [3.05, 3.63) is 35.9 Å². The summed E-state index contributed by atoms with van der Waals surface area (Å²) >= 11 is 0. The number of hydrogen-bond acceptors (Lipinski definition) is 1. The van der Waals surface area contributed by atoms with Crippen molar-refractivity contribution in [2.75, 3.05) is 7.05 Å². The summed E-state index contributed by atoms with van der Waals surface area (Å²) in [7, 11) is 1.23. The van der Waals surface area contributed by atoms with Crippen molar-refractivity contribution >= 4 is 0 Å². The summed E-state index contributed by atoms with van der Waals surface area (Å²) < 4.78 is 50.5. The summed E-state index contributed by atoms with van der Waals surface area (Å²) in [6, 6.07) is 5.80. The topological polar surface area (TPSA) is 12.0 Å². The van der Waals surface area contributed by atoms with Crippen LogP contribution in [0.3, 0.4) is 0 Å². The summed E-state index contributed by atoms with van der Waals surface area (Å²) in [5.41, 5.74) is 0.144. The van der Waals surface area contributed by atoms with Crippen molar-refractivity contribution in [1.29, 1.82) is 0 Å². The van der Waals surface area contributed by atoms with Crippen molar-refractivity contribution in [2.45, 2.75) is 18.4 Å². The number of hydrogen-bond donors (Lipinski definition) is 1. The van der Waals surface area contributed by atoms with Crippen molar-refractivity contribution in [1.82, 2.24) is 5.32 Å². The maximum absolute atomic E-state index is 13.1. The van der Waals surface area contributed by atoms with Crippen molar-refractivity contribution in [3.8, 4) is 0 Å². The lowest BCUT2D eigenvalue weighted by Crippen LogP contribution is -2.41. The highest BCUT2D eigenvalue weighted by Crippen LogP contribution is 2.36. The van der Waals surface area contributed by atoms with Gasteiger partial charge in [0.2, 0.25) is 0 Å². The Kier molecular flexibility index (Phi) is 3.68. The molecule has 0 aliphatic rings. The molecular weight excluding hydrogens is 210 g/mol. The fourth-order valence-electron chi connectivity index (χ4n) is 1.35. The fourth-order valence-corrected chi connectivity index (χ4v) is 1.35. The van der Waals surface area contributed by atoms with E-state index in [-0.39, 0.29) is 5.56 Å². The fraction of sp³-hybridized carbons (Fsp3) is 0.400. The van der Waals surface area contributed by atoms with Gasteiger partial charge in [-0.25, -0.2) is 8.78 Å². The van der Waals surface area contributed by atoms with Crippen LogP contribution in [0, 0.1) is 0 Å². The second-order valence-electron chi connectivity index (χ2n) is 3.11. The lowest BCUT2D eigenvalue weighted by Gasteiger charge is -2.26. The minimum atomic E-state index is -4.07. The average Bonchev–Trinajstić information content (AvgIpc) is 2.19. The maximum atomic E-state index is 13.1. The van der Waals surface area contributed by atoms with E-state index in [1.807, 2.05) is 0 Å². The van der Waals surface area contributed by atoms with E-state index in [1.165, 1.54) is 31.3 Å². The first-order chi connectivity index (χ1) is 7.00. The Morgan fingerprint density at radius 3 is 2.07 bits per heavy atom. The van der Waals surface area contributed by atoms with Crippen molar-refractivity contribution in [2.24, 2.45) is 0 Å². The number of rotatable bonds is 4. The molecule has 1 aromatic rings. The molecule has 1 N–H and O–H groups in total. The van der Waals surface area contributed by atoms with Gasteiger partial charge in [-0.1, -0.05) is 30.3 Å². The van der Waals surface area contributed by atoms with E-state index in [2.05, 4.69) is 5.32 Å². The molecule has 1 rings (SSSR count). The van der Waals surface area contributed by atoms with Crippen LogP contribution in [-0.4, -0.2) is 19.4 Å². The number of alkyl halides is 4. The first-order valence-electron chi connectivity index (χ1n) is 4.38. The standard InChI is InChI=1S/C10H11F4N/c1-15-8(10(13,14)9(11)12)7-5-3-2-4-6-7/h2-6,8-9,15H,1H3. The molecule has 15 heavy (non-hydrogen) atoms. The smallest absolute Gasteiger partial charge is 0.308 e. The third-order valence-corrected chi connectivity index (χ3v) is 2.10. The molecule has 0 aromatic heterocycles. The number of halogens is 4. The highest BCUT2D eigenvalue weighted by molar-refractivity contribution is 5.21. The van der Waals surface area contributed by atoms with Crippen LogP contribution in [-0.2, 0) is 0 Å². The molecule has 1 unspecified atom stereocenters. The summed E-state index contributed by atoms with van der Waals surface area (Å²) in [6.45, 7) is 0. The molecule has 0 spiro atoms. The molecule has 0 aliphatic carbocycles. The van der Waals surface area contributed by atoms with Crippen LogP contribution in [0.5, 0.6) is 0 Å². The van der Waals surface area contributed by atoms with E-state index in [0.717, 1.165) is 0 Å². The maximum Gasteiger partial charge on any atom is 0.326 e. The van der Waals surface area contributed by atoms with E-state index in [9.17, 15) is 17.6 Å². The van der Waals surface area contributed by atoms with Gasteiger partial charge in [0, 0.05) is 0 Å². The summed E-state index contributed by atoms with van der Waals surface area (Å²) in [6.07, 6.45) is -3.69. The lowest BCUT2D eigenvalue weighted by atomic mass is 10.0. The largest absolute Gasteiger partial charge is 0.326 e. The zero-order valence-corrected chi connectivity index (χ0v) is 8.05. The Balaban J connectivity index is 2.99.